The van der Waals surface area contributed by atoms with Crippen molar-refractivity contribution in [3.05, 3.63) is 23.4 Å². The molecule has 1 saturated heterocycles. The molecule has 0 spiro atoms. The Kier molecular flexibility index (Phi) is 4.07. The van der Waals surface area contributed by atoms with Gasteiger partial charge in [-0.05, 0) is 11.4 Å². The minimum absolute atomic E-state index is 0.505. The maximum absolute atomic E-state index is 11.5. The zero-order valence-electron chi connectivity index (χ0n) is 11.6. The molecule has 0 aliphatic carbocycles. The standard InChI is InChI=1S/C12H16N4O3S2/c1-21(17,18)16-6-4-15(5-7-16)9-11-13-14-12(19-11)10-3-2-8-20-10/h2-3,8H,4-7,9H2,1H3. The molecular formula is C12H16N4O3S2. The number of thiophene rings is 1. The molecule has 9 heteroatoms. The Morgan fingerprint density at radius 1 is 1.29 bits per heavy atom. The van der Waals surface area contributed by atoms with Crippen LogP contribution in [0, 0.1) is 0 Å². The largest absolute Gasteiger partial charge is 0.419 e. The summed E-state index contributed by atoms with van der Waals surface area (Å²) in [4.78, 5) is 3.07. The van der Waals surface area contributed by atoms with Crippen molar-refractivity contribution in [1.82, 2.24) is 19.4 Å². The summed E-state index contributed by atoms with van der Waals surface area (Å²) in [5.74, 6) is 1.10. The fourth-order valence-corrected chi connectivity index (χ4v) is 3.70. The van der Waals surface area contributed by atoms with Gasteiger partial charge in [0, 0.05) is 26.2 Å². The Morgan fingerprint density at radius 3 is 2.67 bits per heavy atom. The van der Waals surface area contributed by atoms with E-state index in [2.05, 4.69) is 15.1 Å². The smallest absolute Gasteiger partial charge is 0.257 e. The number of hydrogen-bond acceptors (Lipinski definition) is 7. The van der Waals surface area contributed by atoms with Crippen molar-refractivity contribution in [1.29, 1.82) is 0 Å². The van der Waals surface area contributed by atoms with Crippen LogP contribution in [0.4, 0.5) is 0 Å². The van der Waals surface area contributed by atoms with Gasteiger partial charge < -0.3 is 4.42 Å². The van der Waals surface area contributed by atoms with E-state index < -0.39 is 10.0 Å². The van der Waals surface area contributed by atoms with Crippen LogP contribution in [0.15, 0.2) is 21.9 Å². The summed E-state index contributed by atoms with van der Waals surface area (Å²) in [5.41, 5.74) is 0. The molecular weight excluding hydrogens is 312 g/mol. The summed E-state index contributed by atoms with van der Waals surface area (Å²) in [6.07, 6.45) is 1.24. The molecule has 2 aromatic rings. The lowest BCUT2D eigenvalue weighted by atomic mass is 10.3. The van der Waals surface area contributed by atoms with Gasteiger partial charge in [-0.1, -0.05) is 6.07 Å². The first-order chi connectivity index (χ1) is 10.0. The first-order valence-corrected chi connectivity index (χ1v) is 9.29. The van der Waals surface area contributed by atoms with Gasteiger partial charge in [0.05, 0.1) is 17.7 Å². The Bertz CT molecular complexity index is 688. The van der Waals surface area contributed by atoms with Crippen LogP contribution >= 0.6 is 11.3 Å². The van der Waals surface area contributed by atoms with Gasteiger partial charge in [0.15, 0.2) is 0 Å². The van der Waals surface area contributed by atoms with Crippen LogP contribution in [-0.2, 0) is 16.6 Å². The molecule has 3 heterocycles. The third-order valence-corrected chi connectivity index (χ3v) is 5.52. The average molecular weight is 328 g/mol. The first-order valence-electron chi connectivity index (χ1n) is 6.56. The fourth-order valence-electron chi connectivity index (χ4n) is 2.23. The fraction of sp³-hybridized carbons (Fsp3) is 0.500. The van der Waals surface area contributed by atoms with Gasteiger partial charge in [-0.2, -0.15) is 4.31 Å². The number of nitrogens with zero attached hydrogens (tertiary/aromatic N) is 4. The lowest BCUT2D eigenvalue weighted by Gasteiger charge is -2.32. The van der Waals surface area contributed by atoms with Crippen LogP contribution in [0.1, 0.15) is 5.89 Å². The van der Waals surface area contributed by atoms with Crippen LogP contribution < -0.4 is 0 Å². The van der Waals surface area contributed by atoms with Crippen LogP contribution in [0.2, 0.25) is 0 Å². The molecule has 0 aromatic carbocycles. The summed E-state index contributed by atoms with van der Waals surface area (Å²) in [5, 5.41) is 10.1. The van der Waals surface area contributed by atoms with Crippen molar-refractivity contribution in [3.8, 4) is 10.8 Å². The SMILES string of the molecule is CS(=O)(=O)N1CCN(Cc2nnc(-c3cccs3)o2)CC1. The van der Waals surface area contributed by atoms with Crippen molar-refractivity contribution in [3.63, 3.8) is 0 Å². The normalized spacial score (nSPS) is 18.1. The summed E-state index contributed by atoms with van der Waals surface area (Å²) in [6, 6.07) is 3.88. The Labute approximate surface area is 127 Å². The van der Waals surface area contributed by atoms with Crippen LogP contribution in [0.3, 0.4) is 0 Å². The number of sulfonamides is 1. The highest BCUT2D eigenvalue weighted by Gasteiger charge is 2.24. The molecule has 114 valence electrons. The molecule has 7 nitrogen and oxygen atoms in total. The molecule has 1 aliphatic rings. The van der Waals surface area contributed by atoms with E-state index in [4.69, 9.17) is 4.42 Å². The average Bonchev–Trinajstić information content (AvgIpc) is 3.08. The Morgan fingerprint density at radius 2 is 2.05 bits per heavy atom. The van der Waals surface area contributed by atoms with Gasteiger partial charge in [0.25, 0.3) is 5.89 Å². The molecule has 0 N–H and O–H groups in total. The van der Waals surface area contributed by atoms with Gasteiger partial charge in [-0.3, -0.25) is 4.90 Å². The zero-order chi connectivity index (χ0) is 14.9. The Balaban J connectivity index is 1.59. The number of rotatable bonds is 4. The second-order valence-corrected chi connectivity index (χ2v) is 7.85. The predicted molar refractivity (Wildman–Crippen MR) is 79.3 cm³/mol. The van der Waals surface area contributed by atoms with Crippen molar-refractivity contribution in [2.45, 2.75) is 6.54 Å². The third kappa shape index (κ3) is 3.49. The van der Waals surface area contributed by atoms with Crippen molar-refractivity contribution in [2.75, 3.05) is 32.4 Å². The second kappa shape index (κ2) is 5.84. The second-order valence-electron chi connectivity index (χ2n) is 4.92. The maximum Gasteiger partial charge on any atom is 0.257 e. The Hall–Kier alpha value is -1.29. The van der Waals surface area contributed by atoms with Gasteiger partial charge >= 0.3 is 0 Å². The number of aromatic nitrogens is 2. The maximum atomic E-state index is 11.5. The van der Waals surface area contributed by atoms with E-state index in [9.17, 15) is 8.42 Å². The van der Waals surface area contributed by atoms with Gasteiger partial charge in [-0.15, -0.1) is 21.5 Å². The molecule has 1 fully saturated rings. The summed E-state index contributed by atoms with van der Waals surface area (Å²) in [6.45, 7) is 2.90. The molecule has 2 aromatic heterocycles. The van der Waals surface area contributed by atoms with Crippen molar-refractivity contribution < 1.29 is 12.8 Å². The zero-order valence-corrected chi connectivity index (χ0v) is 13.2. The van der Waals surface area contributed by atoms with E-state index in [1.54, 1.807) is 11.3 Å². The van der Waals surface area contributed by atoms with Crippen molar-refractivity contribution in [2.24, 2.45) is 0 Å². The number of hydrogen-bond donors (Lipinski definition) is 0. The quantitative estimate of drug-likeness (QED) is 0.829. The molecule has 0 amide bonds. The van der Waals surface area contributed by atoms with E-state index in [1.807, 2.05) is 17.5 Å². The van der Waals surface area contributed by atoms with Crippen molar-refractivity contribution >= 4 is 21.4 Å². The summed E-state index contributed by atoms with van der Waals surface area (Å²) in [7, 11) is -3.09. The lowest BCUT2D eigenvalue weighted by molar-refractivity contribution is 0.169. The van der Waals surface area contributed by atoms with E-state index >= 15 is 0 Å². The molecule has 3 rings (SSSR count). The molecule has 1 aliphatic heterocycles. The van der Waals surface area contributed by atoms with E-state index in [-0.39, 0.29) is 0 Å². The highest BCUT2D eigenvalue weighted by atomic mass is 32.2. The van der Waals surface area contributed by atoms with E-state index in [0.717, 1.165) is 4.88 Å². The lowest BCUT2D eigenvalue weighted by Crippen LogP contribution is -2.47. The van der Waals surface area contributed by atoms with Gasteiger partial charge in [0.1, 0.15) is 0 Å². The topological polar surface area (TPSA) is 79.5 Å². The summed E-state index contributed by atoms with van der Waals surface area (Å²) >= 11 is 1.56. The van der Waals surface area contributed by atoms with E-state index in [0.29, 0.717) is 44.5 Å². The molecule has 0 atom stereocenters. The van der Waals surface area contributed by atoms with Gasteiger partial charge in [-0.25, -0.2) is 8.42 Å². The van der Waals surface area contributed by atoms with Crippen LogP contribution in [0.25, 0.3) is 10.8 Å². The molecule has 0 saturated carbocycles. The van der Waals surface area contributed by atoms with Crippen LogP contribution in [0.5, 0.6) is 0 Å². The highest BCUT2D eigenvalue weighted by Crippen LogP contribution is 2.23. The monoisotopic (exact) mass is 328 g/mol. The minimum Gasteiger partial charge on any atom is -0.419 e. The minimum atomic E-state index is -3.09. The summed E-state index contributed by atoms with van der Waals surface area (Å²) < 4.78 is 30.0. The third-order valence-electron chi connectivity index (χ3n) is 3.36. The molecule has 0 radical (unpaired) electrons. The number of piperazine rings is 1. The predicted octanol–water partition coefficient (Wildman–Crippen LogP) is 0.875. The molecule has 0 unspecified atom stereocenters. The molecule has 21 heavy (non-hydrogen) atoms. The van der Waals surface area contributed by atoms with Gasteiger partial charge in [0.2, 0.25) is 15.9 Å². The first kappa shape index (κ1) is 14.6. The molecule has 0 bridgehead atoms. The highest BCUT2D eigenvalue weighted by molar-refractivity contribution is 7.88. The van der Waals surface area contributed by atoms with Crippen LogP contribution in [-0.4, -0.2) is 60.3 Å². The van der Waals surface area contributed by atoms with E-state index in [1.165, 1.54) is 10.6 Å².